The molecule has 0 radical (unpaired) electrons. The van der Waals surface area contributed by atoms with E-state index in [0.29, 0.717) is 6.07 Å². The van der Waals surface area contributed by atoms with E-state index >= 15 is 0 Å². The first-order valence-electron chi connectivity index (χ1n) is 4.60. The molecule has 0 N–H and O–H groups in total. The minimum atomic E-state index is -3.26. The van der Waals surface area contributed by atoms with Crippen LogP contribution < -0.4 is 4.74 Å². The summed E-state index contributed by atoms with van der Waals surface area (Å²) < 4.78 is 28.2. The third-order valence-electron chi connectivity index (χ3n) is 2.05. The Balaban J connectivity index is 3.50. The van der Waals surface area contributed by atoms with E-state index < -0.39 is 34.3 Å². The number of ether oxygens (including phenoxy) is 1. The molecule has 0 aromatic heterocycles. The summed E-state index contributed by atoms with van der Waals surface area (Å²) in [7, 11) is 0. The van der Waals surface area contributed by atoms with Crippen molar-refractivity contribution in [3.8, 4) is 5.75 Å². The van der Waals surface area contributed by atoms with Crippen molar-refractivity contribution in [3.63, 3.8) is 0 Å². The Bertz CT molecular complexity index is 515. The molecule has 0 heterocycles. The Morgan fingerprint density at radius 2 is 2.11 bits per heavy atom. The van der Waals surface area contributed by atoms with Crippen LogP contribution in [-0.2, 0) is 0 Å². The van der Waals surface area contributed by atoms with Crippen molar-refractivity contribution < 1.29 is 28.0 Å². The van der Waals surface area contributed by atoms with Crippen LogP contribution in [0.2, 0.25) is 0 Å². The molecule has 18 heavy (non-hydrogen) atoms. The average Bonchev–Trinajstić information content (AvgIpc) is 2.26. The lowest BCUT2D eigenvalue weighted by atomic mass is 10.0. The van der Waals surface area contributed by atoms with E-state index in [1.165, 1.54) is 0 Å². The Morgan fingerprint density at radius 3 is 2.50 bits per heavy atom. The molecule has 0 aliphatic carbocycles. The fourth-order valence-corrected chi connectivity index (χ4v) is 1.32. The number of hydrogen-bond donors (Lipinski definition) is 0. The second kappa shape index (κ2) is 5.30. The number of Topliss-reactive ketones (excluding diaryl/α,β-unsaturated/α-hetero) is 1. The van der Waals surface area contributed by atoms with Crippen LogP contribution in [0, 0.1) is 10.1 Å². The molecule has 6 nitrogen and oxygen atoms in total. The number of halogens is 2. The molecule has 8 heteroatoms. The molecular weight excluding hydrogens is 252 g/mol. The molecule has 0 saturated heterocycles. The maximum absolute atomic E-state index is 12.1. The number of carbonyl (C=O) groups excluding carboxylic acids is 2. The molecule has 1 aromatic carbocycles. The normalized spacial score (nSPS) is 10.2. The zero-order valence-corrected chi connectivity index (χ0v) is 9.05. The number of hydrogen-bond acceptors (Lipinski definition) is 5. The summed E-state index contributed by atoms with van der Waals surface area (Å²) in [6.45, 7) is -2.21. The summed E-state index contributed by atoms with van der Waals surface area (Å²) in [6.07, 6.45) is 0.137. The van der Waals surface area contributed by atoms with Gasteiger partial charge in [0.15, 0.2) is 12.1 Å². The standard InChI is InChI=1S/C10H7F2NO5/c1-5(15)7-2-6(13(16)17)3-9(8(7)4-14)18-10(11)12/h2-4,10H,1H3. The van der Waals surface area contributed by atoms with E-state index in [2.05, 4.69) is 4.74 Å². The van der Waals surface area contributed by atoms with Gasteiger partial charge in [0.1, 0.15) is 5.75 Å². The quantitative estimate of drug-likeness (QED) is 0.350. The van der Waals surface area contributed by atoms with E-state index in [9.17, 15) is 28.5 Å². The molecule has 0 amide bonds. The van der Waals surface area contributed by atoms with Gasteiger partial charge in [-0.3, -0.25) is 19.7 Å². The summed E-state index contributed by atoms with van der Waals surface area (Å²) in [4.78, 5) is 31.7. The Kier molecular flexibility index (Phi) is 4.03. The van der Waals surface area contributed by atoms with Crippen LogP contribution in [0.5, 0.6) is 5.75 Å². The zero-order chi connectivity index (χ0) is 13.9. The van der Waals surface area contributed by atoms with Crippen molar-refractivity contribution in [1.29, 1.82) is 0 Å². The first kappa shape index (κ1) is 13.7. The van der Waals surface area contributed by atoms with Crippen LogP contribution in [0.15, 0.2) is 12.1 Å². The summed E-state index contributed by atoms with van der Waals surface area (Å²) in [5.41, 5.74) is -1.38. The summed E-state index contributed by atoms with van der Waals surface area (Å²) in [6, 6.07) is 1.51. The molecule has 1 rings (SSSR count). The van der Waals surface area contributed by atoms with Gasteiger partial charge >= 0.3 is 6.61 Å². The summed E-state index contributed by atoms with van der Waals surface area (Å²) in [5, 5.41) is 10.6. The van der Waals surface area contributed by atoms with Gasteiger partial charge in [-0.2, -0.15) is 8.78 Å². The van der Waals surface area contributed by atoms with Gasteiger partial charge in [0.25, 0.3) is 5.69 Å². The van der Waals surface area contributed by atoms with Gasteiger partial charge in [0, 0.05) is 11.6 Å². The van der Waals surface area contributed by atoms with Crippen molar-refractivity contribution in [2.24, 2.45) is 0 Å². The lowest BCUT2D eigenvalue weighted by molar-refractivity contribution is -0.385. The molecule has 0 atom stereocenters. The highest BCUT2D eigenvalue weighted by molar-refractivity contribution is 6.03. The van der Waals surface area contributed by atoms with Gasteiger partial charge in [-0.15, -0.1) is 0 Å². The second-order valence-electron chi connectivity index (χ2n) is 3.21. The van der Waals surface area contributed by atoms with Crippen LogP contribution >= 0.6 is 0 Å². The lowest BCUT2D eigenvalue weighted by Crippen LogP contribution is -2.09. The molecule has 0 aliphatic rings. The van der Waals surface area contributed by atoms with E-state index in [1.54, 1.807) is 0 Å². The van der Waals surface area contributed by atoms with E-state index in [4.69, 9.17) is 0 Å². The number of alkyl halides is 2. The molecule has 1 aromatic rings. The maximum atomic E-state index is 12.1. The third kappa shape index (κ3) is 2.84. The molecule has 0 unspecified atom stereocenters. The molecule has 0 saturated carbocycles. The first-order valence-corrected chi connectivity index (χ1v) is 4.60. The predicted molar refractivity (Wildman–Crippen MR) is 55.1 cm³/mol. The fourth-order valence-electron chi connectivity index (χ4n) is 1.32. The Morgan fingerprint density at radius 1 is 1.50 bits per heavy atom. The number of aldehydes is 1. The van der Waals surface area contributed by atoms with E-state index in [0.717, 1.165) is 13.0 Å². The number of non-ortho nitro benzene ring substituents is 1. The van der Waals surface area contributed by atoms with Crippen LogP contribution in [0.4, 0.5) is 14.5 Å². The molecular formula is C10H7F2NO5. The van der Waals surface area contributed by atoms with Crippen LogP contribution in [0.1, 0.15) is 27.6 Å². The molecule has 0 bridgehead atoms. The van der Waals surface area contributed by atoms with Crippen molar-refractivity contribution in [1.82, 2.24) is 0 Å². The van der Waals surface area contributed by atoms with Crippen molar-refractivity contribution in [2.45, 2.75) is 13.5 Å². The van der Waals surface area contributed by atoms with Gasteiger partial charge < -0.3 is 4.74 Å². The van der Waals surface area contributed by atoms with Gasteiger partial charge in [-0.25, -0.2) is 0 Å². The maximum Gasteiger partial charge on any atom is 0.387 e. The van der Waals surface area contributed by atoms with Gasteiger partial charge in [0.2, 0.25) is 0 Å². The zero-order valence-electron chi connectivity index (χ0n) is 9.05. The van der Waals surface area contributed by atoms with Crippen LogP contribution in [0.3, 0.4) is 0 Å². The Labute approximate surface area is 99.3 Å². The third-order valence-corrected chi connectivity index (χ3v) is 2.05. The molecule has 0 spiro atoms. The number of nitro benzene ring substituents is 1. The van der Waals surface area contributed by atoms with Gasteiger partial charge in [0.05, 0.1) is 16.6 Å². The minimum absolute atomic E-state index is 0.137. The topological polar surface area (TPSA) is 86.5 Å². The number of rotatable bonds is 5. The number of carbonyl (C=O) groups is 2. The molecule has 0 fully saturated rings. The number of nitro groups is 1. The SMILES string of the molecule is CC(=O)c1cc([N+](=O)[O-])cc(OC(F)F)c1C=O. The van der Waals surface area contributed by atoms with Gasteiger partial charge in [-0.1, -0.05) is 0 Å². The van der Waals surface area contributed by atoms with Crippen LogP contribution in [0.25, 0.3) is 0 Å². The monoisotopic (exact) mass is 259 g/mol. The first-order chi connectivity index (χ1) is 8.36. The van der Waals surface area contributed by atoms with Crippen molar-refractivity contribution in [3.05, 3.63) is 33.4 Å². The molecule has 96 valence electrons. The highest BCUT2D eigenvalue weighted by Crippen LogP contribution is 2.29. The number of ketones is 1. The van der Waals surface area contributed by atoms with Gasteiger partial charge in [-0.05, 0) is 6.92 Å². The summed E-state index contributed by atoms with van der Waals surface area (Å²) >= 11 is 0. The fraction of sp³-hybridized carbons (Fsp3) is 0.200. The minimum Gasteiger partial charge on any atom is -0.434 e. The van der Waals surface area contributed by atoms with E-state index in [1.807, 2.05) is 0 Å². The highest BCUT2D eigenvalue weighted by atomic mass is 19.3. The number of nitrogens with zero attached hydrogens (tertiary/aromatic N) is 1. The van der Waals surface area contributed by atoms with Crippen LogP contribution in [-0.4, -0.2) is 23.6 Å². The van der Waals surface area contributed by atoms with Crippen molar-refractivity contribution in [2.75, 3.05) is 0 Å². The predicted octanol–water partition coefficient (Wildman–Crippen LogP) is 2.21. The highest BCUT2D eigenvalue weighted by Gasteiger charge is 2.21. The smallest absolute Gasteiger partial charge is 0.387 e. The van der Waals surface area contributed by atoms with E-state index in [-0.39, 0.29) is 11.8 Å². The largest absolute Gasteiger partial charge is 0.434 e. The average molecular weight is 259 g/mol. The second-order valence-corrected chi connectivity index (χ2v) is 3.21. The lowest BCUT2D eigenvalue weighted by Gasteiger charge is -2.09. The summed E-state index contributed by atoms with van der Waals surface area (Å²) in [5.74, 6) is -1.36. The molecule has 0 aliphatic heterocycles. The van der Waals surface area contributed by atoms with Crippen molar-refractivity contribution >= 4 is 17.8 Å². The number of benzene rings is 1. The Hall–Kier alpha value is -2.38.